The first-order valence-electron chi connectivity index (χ1n) is 8.00. The van der Waals surface area contributed by atoms with E-state index in [-0.39, 0.29) is 12.4 Å². The number of furan rings is 1. The second-order valence-corrected chi connectivity index (χ2v) is 5.63. The Morgan fingerprint density at radius 3 is 2.67 bits per heavy atom. The van der Waals surface area contributed by atoms with E-state index in [9.17, 15) is 4.79 Å². The summed E-state index contributed by atoms with van der Waals surface area (Å²) >= 11 is 0. The summed E-state index contributed by atoms with van der Waals surface area (Å²) in [7, 11) is 0. The minimum Gasteiger partial charge on any atom is -0.466 e. The number of fused-ring (bicyclic) bond motifs is 2. The largest absolute Gasteiger partial charge is 0.466 e. The number of esters is 1. The molecule has 2 aromatic heterocycles. The van der Waals surface area contributed by atoms with Crippen LogP contribution in [0.25, 0.3) is 33.0 Å². The van der Waals surface area contributed by atoms with E-state index in [4.69, 9.17) is 9.15 Å². The van der Waals surface area contributed by atoms with Gasteiger partial charge in [-0.25, -0.2) is 0 Å². The molecular formula is C20H17NO3. The third-order valence-electron chi connectivity index (χ3n) is 4.14. The summed E-state index contributed by atoms with van der Waals surface area (Å²) in [5.74, 6) is 0.358. The summed E-state index contributed by atoms with van der Waals surface area (Å²) in [6, 6.07) is 15.9. The number of hydrogen-bond acceptors (Lipinski definition) is 3. The first kappa shape index (κ1) is 14.6. The Hall–Kier alpha value is -3.01. The summed E-state index contributed by atoms with van der Waals surface area (Å²) in [6.07, 6.45) is 2.09. The maximum absolute atomic E-state index is 12.0. The Kier molecular flexibility index (Phi) is 3.58. The molecule has 0 saturated carbocycles. The number of nitrogens with one attached hydrogen (secondary N) is 1. The average molecular weight is 319 g/mol. The van der Waals surface area contributed by atoms with E-state index < -0.39 is 0 Å². The highest BCUT2D eigenvalue weighted by Gasteiger charge is 2.21. The van der Waals surface area contributed by atoms with Gasteiger partial charge in [-0.05, 0) is 19.1 Å². The standard InChI is InChI=1S/C20H17NO3/c1-2-23-19(22)11-18-20(14-8-4-6-10-17(14)24-18)15-12-21-16-9-5-3-7-13(15)16/h3-10,12,21H,2,11H2,1H3. The van der Waals surface area contributed by atoms with Crippen molar-refractivity contribution in [2.75, 3.05) is 6.61 Å². The van der Waals surface area contributed by atoms with E-state index in [1.807, 2.05) is 48.7 Å². The number of benzene rings is 2. The molecule has 4 aromatic rings. The van der Waals surface area contributed by atoms with Gasteiger partial charge in [-0.3, -0.25) is 4.79 Å². The third-order valence-corrected chi connectivity index (χ3v) is 4.14. The fourth-order valence-corrected chi connectivity index (χ4v) is 3.14. The van der Waals surface area contributed by atoms with E-state index in [0.717, 1.165) is 33.0 Å². The minimum atomic E-state index is -0.280. The normalized spacial score (nSPS) is 11.2. The number of carbonyl (C=O) groups is 1. The molecule has 0 aliphatic rings. The van der Waals surface area contributed by atoms with Crippen LogP contribution in [0.1, 0.15) is 12.7 Å². The van der Waals surface area contributed by atoms with Crippen molar-refractivity contribution < 1.29 is 13.9 Å². The molecule has 0 aliphatic heterocycles. The molecule has 4 heteroatoms. The maximum Gasteiger partial charge on any atom is 0.313 e. The molecule has 0 saturated heterocycles. The lowest BCUT2D eigenvalue weighted by molar-refractivity contribution is -0.142. The number of hydrogen-bond donors (Lipinski definition) is 1. The average Bonchev–Trinajstić information content (AvgIpc) is 3.15. The molecule has 2 heterocycles. The van der Waals surface area contributed by atoms with Crippen molar-refractivity contribution in [3.05, 3.63) is 60.5 Å². The van der Waals surface area contributed by atoms with Crippen LogP contribution in [0.3, 0.4) is 0 Å². The minimum absolute atomic E-state index is 0.122. The fourth-order valence-electron chi connectivity index (χ4n) is 3.14. The zero-order valence-corrected chi connectivity index (χ0v) is 13.3. The van der Waals surface area contributed by atoms with Gasteiger partial charge in [-0.15, -0.1) is 0 Å². The highest BCUT2D eigenvalue weighted by Crippen LogP contribution is 2.38. The van der Waals surface area contributed by atoms with Crippen molar-refractivity contribution in [2.45, 2.75) is 13.3 Å². The highest BCUT2D eigenvalue weighted by molar-refractivity contribution is 6.05. The van der Waals surface area contributed by atoms with Crippen LogP contribution in [0, 0.1) is 0 Å². The Labute approximate surface area is 139 Å². The van der Waals surface area contributed by atoms with Gasteiger partial charge in [0.25, 0.3) is 0 Å². The Morgan fingerprint density at radius 1 is 1.08 bits per heavy atom. The lowest BCUT2D eigenvalue weighted by Gasteiger charge is -2.03. The van der Waals surface area contributed by atoms with Crippen LogP contribution in [0.4, 0.5) is 0 Å². The Bertz CT molecular complexity index is 1030. The molecule has 0 amide bonds. The van der Waals surface area contributed by atoms with Crippen LogP contribution >= 0.6 is 0 Å². The van der Waals surface area contributed by atoms with Crippen LogP contribution in [-0.4, -0.2) is 17.6 Å². The molecule has 0 bridgehead atoms. The van der Waals surface area contributed by atoms with Gasteiger partial charge in [0, 0.05) is 33.6 Å². The molecule has 120 valence electrons. The zero-order chi connectivity index (χ0) is 16.5. The van der Waals surface area contributed by atoms with Crippen molar-refractivity contribution in [1.29, 1.82) is 0 Å². The van der Waals surface area contributed by atoms with Crippen molar-refractivity contribution in [1.82, 2.24) is 4.98 Å². The Balaban J connectivity index is 1.94. The molecule has 0 radical (unpaired) electrons. The first-order valence-corrected chi connectivity index (χ1v) is 8.00. The molecule has 24 heavy (non-hydrogen) atoms. The molecule has 0 fully saturated rings. The van der Waals surface area contributed by atoms with Crippen LogP contribution in [0.15, 0.2) is 59.1 Å². The lowest BCUT2D eigenvalue weighted by atomic mass is 10.00. The van der Waals surface area contributed by atoms with Crippen LogP contribution < -0.4 is 0 Å². The smallest absolute Gasteiger partial charge is 0.313 e. The Morgan fingerprint density at radius 2 is 1.83 bits per heavy atom. The van der Waals surface area contributed by atoms with Crippen molar-refractivity contribution in [3.8, 4) is 11.1 Å². The monoisotopic (exact) mass is 319 g/mol. The number of H-pyrrole nitrogens is 1. The van der Waals surface area contributed by atoms with E-state index >= 15 is 0 Å². The van der Waals surface area contributed by atoms with Gasteiger partial charge >= 0.3 is 5.97 Å². The predicted octanol–water partition coefficient (Wildman–Crippen LogP) is 4.69. The maximum atomic E-state index is 12.0. The molecule has 0 aliphatic carbocycles. The molecule has 4 rings (SSSR count). The molecular weight excluding hydrogens is 302 g/mol. The highest BCUT2D eigenvalue weighted by atomic mass is 16.5. The quantitative estimate of drug-likeness (QED) is 0.555. The number of aromatic nitrogens is 1. The fraction of sp³-hybridized carbons (Fsp3) is 0.150. The second kappa shape index (κ2) is 5.89. The topological polar surface area (TPSA) is 55.2 Å². The first-order chi connectivity index (χ1) is 11.8. The number of para-hydroxylation sites is 2. The van der Waals surface area contributed by atoms with Crippen molar-refractivity contribution in [3.63, 3.8) is 0 Å². The lowest BCUT2D eigenvalue weighted by Crippen LogP contribution is -2.07. The van der Waals surface area contributed by atoms with Gasteiger partial charge in [-0.2, -0.15) is 0 Å². The second-order valence-electron chi connectivity index (χ2n) is 5.63. The van der Waals surface area contributed by atoms with Crippen molar-refractivity contribution >= 4 is 27.8 Å². The third kappa shape index (κ3) is 2.36. The van der Waals surface area contributed by atoms with E-state index in [1.54, 1.807) is 6.92 Å². The number of aromatic amines is 1. The van der Waals surface area contributed by atoms with Gasteiger partial charge in [0.1, 0.15) is 17.8 Å². The van der Waals surface area contributed by atoms with Crippen molar-refractivity contribution in [2.24, 2.45) is 0 Å². The molecule has 0 spiro atoms. The van der Waals surface area contributed by atoms with Gasteiger partial charge in [-0.1, -0.05) is 36.4 Å². The summed E-state index contributed by atoms with van der Waals surface area (Å²) in [4.78, 5) is 15.3. The molecule has 4 nitrogen and oxygen atoms in total. The number of carbonyl (C=O) groups excluding carboxylic acids is 1. The summed E-state index contributed by atoms with van der Waals surface area (Å²) in [5, 5.41) is 2.11. The predicted molar refractivity (Wildman–Crippen MR) is 93.8 cm³/mol. The van der Waals surface area contributed by atoms with Gasteiger partial charge in [0.2, 0.25) is 0 Å². The van der Waals surface area contributed by atoms with Gasteiger partial charge in [0.05, 0.1) is 6.61 Å². The van der Waals surface area contributed by atoms with Crippen LogP contribution in [0.5, 0.6) is 0 Å². The molecule has 2 aromatic carbocycles. The van der Waals surface area contributed by atoms with E-state index in [1.165, 1.54) is 0 Å². The molecule has 0 unspecified atom stereocenters. The zero-order valence-electron chi connectivity index (χ0n) is 13.3. The van der Waals surface area contributed by atoms with Gasteiger partial charge < -0.3 is 14.1 Å². The van der Waals surface area contributed by atoms with Crippen LogP contribution in [-0.2, 0) is 16.0 Å². The van der Waals surface area contributed by atoms with Crippen LogP contribution in [0.2, 0.25) is 0 Å². The summed E-state index contributed by atoms with van der Waals surface area (Å²) < 4.78 is 11.1. The van der Waals surface area contributed by atoms with E-state index in [2.05, 4.69) is 11.1 Å². The number of ether oxygens (including phenoxy) is 1. The van der Waals surface area contributed by atoms with Gasteiger partial charge in [0.15, 0.2) is 0 Å². The van der Waals surface area contributed by atoms with E-state index in [0.29, 0.717) is 12.4 Å². The summed E-state index contributed by atoms with van der Waals surface area (Å²) in [5.41, 5.74) is 3.82. The molecule has 1 N–H and O–H groups in total. The number of rotatable bonds is 4. The summed E-state index contributed by atoms with van der Waals surface area (Å²) in [6.45, 7) is 2.17. The molecule has 0 atom stereocenters. The SMILES string of the molecule is CCOC(=O)Cc1oc2ccccc2c1-c1c[nH]c2ccccc12.